The van der Waals surface area contributed by atoms with Gasteiger partial charge < -0.3 is 15.5 Å². The summed E-state index contributed by atoms with van der Waals surface area (Å²) in [5.41, 5.74) is 3.67. The third kappa shape index (κ3) is 7.29. The summed E-state index contributed by atoms with van der Waals surface area (Å²) in [7, 11) is 5.95. The average molecular weight is 473 g/mol. The van der Waals surface area contributed by atoms with Crippen molar-refractivity contribution in [3.05, 3.63) is 51.0 Å². The fourth-order valence-electron chi connectivity index (χ4n) is 2.38. The van der Waals surface area contributed by atoms with Crippen molar-refractivity contribution in [2.45, 2.75) is 33.5 Å². The van der Waals surface area contributed by atoms with Gasteiger partial charge in [0, 0.05) is 25.0 Å². The lowest BCUT2D eigenvalue weighted by Crippen LogP contribution is -2.36. The third-order valence-corrected chi connectivity index (χ3v) is 4.73. The molecule has 0 aliphatic heterocycles. The largest absolute Gasteiger partial charge is 0.352 e. The Balaban J connectivity index is 0.00000312. The van der Waals surface area contributed by atoms with E-state index in [1.54, 1.807) is 18.4 Å². The molecule has 1 heterocycles. The lowest BCUT2D eigenvalue weighted by Gasteiger charge is -2.13. The molecule has 138 valence electrons. The maximum absolute atomic E-state index is 4.54. The van der Waals surface area contributed by atoms with Gasteiger partial charge in [0.2, 0.25) is 0 Å². The maximum Gasteiger partial charge on any atom is 0.191 e. The summed E-state index contributed by atoms with van der Waals surface area (Å²) in [4.78, 5) is 12.3. The van der Waals surface area contributed by atoms with Crippen LogP contribution in [0.3, 0.4) is 0 Å². The van der Waals surface area contributed by atoms with Crippen LogP contribution < -0.4 is 10.6 Å². The summed E-state index contributed by atoms with van der Waals surface area (Å²) in [5, 5.41) is 7.77. The molecule has 1 aromatic carbocycles. The van der Waals surface area contributed by atoms with Crippen LogP contribution in [0, 0.1) is 13.8 Å². The van der Waals surface area contributed by atoms with Gasteiger partial charge in [0.15, 0.2) is 5.96 Å². The minimum Gasteiger partial charge on any atom is -0.352 e. The van der Waals surface area contributed by atoms with E-state index in [1.807, 2.05) is 6.92 Å². The van der Waals surface area contributed by atoms with Gasteiger partial charge in [0.25, 0.3) is 0 Å². The first-order chi connectivity index (χ1) is 11.5. The van der Waals surface area contributed by atoms with E-state index in [2.05, 4.69) is 70.8 Å². The molecule has 1 aromatic heterocycles. The van der Waals surface area contributed by atoms with Gasteiger partial charge in [0.05, 0.1) is 12.2 Å². The molecule has 0 amide bonds. The summed E-state index contributed by atoms with van der Waals surface area (Å²) >= 11 is 1.73. The first-order valence-electron chi connectivity index (χ1n) is 8.08. The van der Waals surface area contributed by atoms with Crippen LogP contribution in [-0.4, -0.2) is 37.0 Å². The van der Waals surface area contributed by atoms with Crippen molar-refractivity contribution in [1.82, 2.24) is 20.5 Å². The average Bonchev–Trinajstić information content (AvgIpc) is 2.85. The zero-order valence-corrected chi connectivity index (χ0v) is 18.7. The number of hydrogen-bond acceptors (Lipinski definition) is 4. The number of benzene rings is 1. The van der Waals surface area contributed by atoms with Gasteiger partial charge in [-0.1, -0.05) is 24.3 Å². The smallest absolute Gasteiger partial charge is 0.191 e. The highest BCUT2D eigenvalue weighted by Crippen LogP contribution is 2.15. The first kappa shape index (κ1) is 21.9. The monoisotopic (exact) mass is 473 g/mol. The maximum atomic E-state index is 4.54. The van der Waals surface area contributed by atoms with Crippen molar-refractivity contribution in [2.24, 2.45) is 4.99 Å². The molecule has 0 atom stereocenters. The summed E-state index contributed by atoms with van der Waals surface area (Å²) < 4.78 is 0. The SMILES string of the molecule is CN=C(NCc1cccc(CN(C)C)c1)NCc1nc(C)c(C)s1.I. The van der Waals surface area contributed by atoms with Gasteiger partial charge in [0.1, 0.15) is 5.01 Å². The van der Waals surface area contributed by atoms with Crippen molar-refractivity contribution >= 4 is 41.3 Å². The molecule has 0 spiro atoms. The molecule has 0 saturated heterocycles. The molecule has 2 aromatic rings. The molecule has 2 N–H and O–H groups in total. The normalized spacial score (nSPS) is 11.4. The molecule has 0 aliphatic rings. The second kappa shape index (κ2) is 10.7. The van der Waals surface area contributed by atoms with Crippen LogP contribution in [-0.2, 0) is 19.6 Å². The molecule has 0 aliphatic carbocycles. The Hall–Kier alpha value is -1.19. The highest BCUT2D eigenvalue weighted by molar-refractivity contribution is 14.0. The van der Waals surface area contributed by atoms with Crippen molar-refractivity contribution < 1.29 is 0 Å². The van der Waals surface area contributed by atoms with Gasteiger partial charge in [-0.2, -0.15) is 0 Å². The third-order valence-electron chi connectivity index (χ3n) is 3.65. The molecule has 2 rings (SSSR count). The van der Waals surface area contributed by atoms with E-state index in [1.165, 1.54) is 16.0 Å². The number of aliphatic imine (C=N–C) groups is 1. The van der Waals surface area contributed by atoms with E-state index in [0.717, 1.165) is 29.8 Å². The molecule has 5 nitrogen and oxygen atoms in total. The molecule has 0 radical (unpaired) electrons. The van der Waals surface area contributed by atoms with Crippen LogP contribution in [0.5, 0.6) is 0 Å². The Bertz CT molecular complexity index is 677. The molecule has 25 heavy (non-hydrogen) atoms. The number of aromatic nitrogens is 1. The van der Waals surface area contributed by atoms with E-state index in [0.29, 0.717) is 6.54 Å². The topological polar surface area (TPSA) is 52.6 Å². The Labute approximate surface area is 172 Å². The second-order valence-corrected chi connectivity index (χ2v) is 7.37. The number of hydrogen-bond donors (Lipinski definition) is 2. The summed E-state index contributed by atoms with van der Waals surface area (Å²) in [6.45, 7) is 6.54. The van der Waals surface area contributed by atoms with Crippen LogP contribution >= 0.6 is 35.3 Å². The van der Waals surface area contributed by atoms with E-state index >= 15 is 0 Å². The summed E-state index contributed by atoms with van der Waals surface area (Å²) in [5.74, 6) is 0.790. The minimum absolute atomic E-state index is 0. The lowest BCUT2D eigenvalue weighted by molar-refractivity contribution is 0.402. The Morgan fingerprint density at radius 3 is 2.44 bits per heavy atom. The first-order valence-corrected chi connectivity index (χ1v) is 8.89. The molecule has 0 saturated carbocycles. The quantitative estimate of drug-likeness (QED) is 0.384. The van der Waals surface area contributed by atoms with Crippen molar-refractivity contribution in [3.8, 4) is 0 Å². The predicted octanol–water partition coefficient (Wildman–Crippen LogP) is 3.30. The number of nitrogens with one attached hydrogen (secondary N) is 2. The summed E-state index contributed by atoms with van der Waals surface area (Å²) in [6, 6.07) is 8.62. The van der Waals surface area contributed by atoms with Crippen molar-refractivity contribution in [3.63, 3.8) is 0 Å². The van der Waals surface area contributed by atoms with E-state index < -0.39 is 0 Å². The van der Waals surface area contributed by atoms with Crippen LogP contribution in [0.2, 0.25) is 0 Å². The fraction of sp³-hybridized carbons (Fsp3) is 0.444. The standard InChI is InChI=1S/C18H27N5S.HI/c1-13-14(2)24-17(22-13)11-21-18(19-3)20-10-15-7-6-8-16(9-15)12-23(4)5;/h6-9H,10-12H2,1-5H3,(H2,19,20,21);1H. The molecule has 7 heteroatoms. The summed E-state index contributed by atoms with van der Waals surface area (Å²) in [6.07, 6.45) is 0. The zero-order chi connectivity index (χ0) is 17.5. The van der Waals surface area contributed by atoms with Crippen LogP contribution in [0.4, 0.5) is 0 Å². The van der Waals surface area contributed by atoms with Gasteiger partial charge >= 0.3 is 0 Å². The minimum atomic E-state index is 0. The molecule has 0 fully saturated rings. The number of aryl methyl sites for hydroxylation is 2. The van der Waals surface area contributed by atoms with E-state index in [-0.39, 0.29) is 24.0 Å². The van der Waals surface area contributed by atoms with Gasteiger partial charge in [-0.3, -0.25) is 4.99 Å². The fourth-order valence-corrected chi connectivity index (χ4v) is 3.26. The molecule has 0 unspecified atom stereocenters. The number of guanidine groups is 1. The lowest BCUT2D eigenvalue weighted by atomic mass is 10.1. The van der Waals surface area contributed by atoms with Gasteiger partial charge in [-0.15, -0.1) is 35.3 Å². The highest BCUT2D eigenvalue weighted by atomic mass is 127. The number of rotatable bonds is 6. The number of nitrogens with zero attached hydrogens (tertiary/aromatic N) is 3. The van der Waals surface area contributed by atoms with Gasteiger partial charge in [-0.05, 0) is 39.1 Å². The van der Waals surface area contributed by atoms with E-state index in [9.17, 15) is 0 Å². The molecule has 0 bridgehead atoms. The Kier molecular flexibility index (Phi) is 9.37. The predicted molar refractivity (Wildman–Crippen MR) is 118 cm³/mol. The molecular formula is C18H28IN5S. The highest BCUT2D eigenvalue weighted by Gasteiger charge is 2.05. The Morgan fingerprint density at radius 2 is 1.84 bits per heavy atom. The van der Waals surface area contributed by atoms with Crippen molar-refractivity contribution in [1.29, 1.82) is 0 Å². The van der Waals surface area contributed by atoms with Gasteiger partial charge in [-0.25, -0.2) is 4.98 Å². The second-order valence-electron chi connectivity index (χ2n) is 6.09. The number of halogens is 1. The Morgan fingerprint density at radius 1 is 1.16 bits per heavy atom. The van der Waals surface area contributed by atoms with Crippen LogP contribution in [0.1, 0.15) is 26.7 Å². The van der Waals surface area contributed by atoms with Crippen molar-refractivity contribution in [2.75, 3.05) is 21.1 Å². The van der Waals surface area contributed by atoms with E-state index in [4.69, 9.17) is 0 Å². The zero-order valence-electron chi connectivity index (χ0n) is 15.6. The number of thiazole rings is 1. The molecular weight excluding hydrogens is 445 g/mol. The van der Waals surface area contributed by atoms with Crippen LogP contribution in [0.25, 0.3) is 0 Å². The van der Waals surface area contributed by atoms with Crippen LogP contribution in [0.15, 0.2) is 29.3 Å².